The lowest BCUT2D eigenvalue weighted by Gasteiger charge is -2.17. The molecule has 0 radical (unpaired) electrons. The summed E-state index contributed by atoms with van der Waals surface area (Å²) in [5, 5.41) is 9.93. The predicted octanol–water partition coefficient (Wildman–Crippen LogP) is 5.43. The molecular weight excluding hydrogens is 450 g/mol. The Morgan fingerprint density at radius 2 is 1.78 bits per heavy atom. The van der Waals surface area contributed by atoms with E-state index in [2.05, 4.69) is 20.2 Å². The third-order valence-electron chi connectivity index (χ3n) is 7.16. The number of H-pyrrole nitrogens is 1. The van der Waals surface area contributed by atoms with E-state index in [0.29, 0.717) is 22.5 Å². The molecule has 7 heteroatoms. The Hall–Kier alpha value is -4.70. The Morgan fingerprint density at radius 3 is 2.47 bits per heavy atom. The highest BCUT2D eigenvalue weighted by Gasteiger charge is 2.46. The van der Waals surface area contributed by atoms with Crippen molar-refractivity contribution in [3.63, 3.8) is 0 Å². The number of fused-ring (bicyclic) bond motifs is 2. The predicted molar refractivity (Wildman–Crippen MR) is 139 cm³/mol. The molecule has 0 unspecified atom stereocenters. The van der Waals surface area contributed by atoms with Gasteiger partial charge < -0.3 is 10.3 Å². The van der Waals surface area contributed by atoms with Gasteiger partial charge in [0.1, 0.15) is 5.52 Å². The van der Waals surface area contributed by atoms with Crippen LogP contribution in [-0.4, -0.2) is 20.5 Å². The molecule has 1 amide bonds. The van der Waals surface area contributed by atoms with E-state index in [9.17, 15) is 9.59 Å². The maximum Gasteiger partial charge on any atom is 0.274 e. The fourth-order valence-electron chi connectivity index (χ4n) is 4.96. The van der Waals surface area contributed by atoms with Crippen LogP contribution in [0.3, 0.4) is 0 Å². The summed E-state index contributed by atoms with van der Waals surface area (Å²) in [5.41, 5.74) is 4.23. The molecular formula is C29H23N5O2. The number of aromatic nitrogens is 3. The number of carbonyl (C=O) groups is 1. The zero-order chi connectivity index (χ0) is 25.0. The number of rotatable bonds is 4. The fourth-order valence-corrected chi connectivity index (χ4v) is 4.96. The molecule has 176 valence electrons. The lowest BCUT2D eigenvalue weighted by atomic mass is 10.0. The molecule has 1 fully saturated rings. The van der Waals surface area contributed by atoms with Gasteiger partial charge in [-0.3, -0.25) is 9.59 Å². The molecule has 0 atom stereocenters. The van der Waals surface area contributed by atoms with Crippen molar-refractivity contribution in [2.24, 2.45) is 0 Å². The average molecular weight is 474 g/mol. The zero-order valence-electron chi connectivity index (χ0n) is 19.9. The summed E-state index contributed by atoms with van der Waals surface area (Å²) in [6.07, 6.45) is 1.63. The normalized spacial score (nSPS) is 14.0. The number of benzene rings is 3. The summed E-state index contributed by atoms with van der Waals surface area (Å²) in [7, 11) is 0. The molecule has 6 rings (SSSR count). The van der Waals surface area contributed by atoms with Gasteiger partial charge in [-0.05, 0) is 49.1 Å². The van der Waals surface area contributed by atoms with Gasteiger partial charge in [0.05, 0.1) is 23.5 Å². The van der Waals surface area contributed by atoms with Crippen LogP contribution in [0.15, 0.2) is 71.5 Å². The summed E-state index contributed by atoms with van der Waals surface area (Å²) >= 11 is 0. The summed E-state index contributed by atoms with van der Waals surface area (Å²) < 4.78 is 1.58. The van der Waals surface area contributed by atoms with Crippen molar-refractivity contribution in [1.29, 1.82) is 0 Å². The first-order valence-electron chi connectivity index (χ1n) is 11.8. The van der Waals surface area contributed by atoms with Crippen LogP contribution < -0.4 is 10.9 Å². The molecule has 0 spiro atoms. The topological polar surface area (TPSA) is 83.6 Å². The average Bonchev–Trinajstić information content (AvgIpc) is 3.59. The van der Waals surface area contributed by atoms with Crippen molar-refractivity contribution >= 4 is 27.9 Å². The number of aryl methyl sites for hydroxylation is 2. The van der Waals surface area contributed by atoms with Crippen LogP contribution in [0.2, 0.25) is 0 Å². The molecule has 2 heterocycles. The fraction of sp³-hybridized carbons (Fsp3) is 0.172. The van der Waals surface area contributed by atoms with Crippen molar-refractivity contribution in [3.05, 3.63) is 111 Å². The van der Waals surface area contributed by atoms with Crippen LogP contribution in [0.25, 0.3) is 32.4 Å². The van der Waals surface area contributed by atoms with E-state index < -0.39 is 5.54 Å². The second kappa shape index (κ2) is 7.92. The van der Waals surface area contributed by atoms with Gasteiger partial charge in [0.25, 0.3) is 11.5 Å². The molecule has 1 aliphatic carbocycles. The number of nitrogens with zero attached hydrogens (tertiary/aromatic N) is 3. The molecule has 0 saturated heterocycles. The number of aromatic amines is 1. The van der Waals surface area contributed by atoms with E-state index in [4.69, 9.17) is 6.57 Å². The minimum absolute atomic E-state index is 0.239. The lowest BCUT2D eigenvalue weighted by Crippen LogP contribution is -2.35. The smallest absolute Gasteiger partial charge is 0.274 e. The second-order valence-electron chi connectivity index (χ2n) is 9.41. The molecule has 1 saturated carbocycles. The van der Waals surface area contributed by atoms with Gasteiger partial charge in [-0.1, -0.05) is 60.7 Å². The van der Waals surface area contributed by atoms with Gasteiger partial charge in [-0.2, -0.15) is 5.10 Å². The molecule has 2 N–H and O–H groups in total. The van der Waals surface area contributed by atoms with E-state index in [-0.39, 0.29) is 17.2 Å². The van der Waals surface area contributed by atoms with Crippen LogP contribution >= 0.6 is 0 Å². The lowest BCUT2D eigenvalue weighted by molar-refractivity contribution is 0.0925. The number of hydrogen-bond donors (Lipinski definition) is 2. The Bertz CT molecular complexity index is 1780. The molecule has 0 aliphatic heterocycles. The number of hydrogen-bond acceptors (Lipinski definition) is 3. The Kier molecular flexibility index (Phi) is 4.80. The molecule has 7 nitrogen and oxygen atoms in total. The van der Waals surface area contributed by atoms with E-state index >= 15 is 0 Å². The Balaban J connectivity index is 1.39. The van der Waals surface area contributed by atoms with Gasteiger partial charge in [0, 0.05) is 11.1 Å². The maximum absolute atomic E-state index is 13.4. The SMILES string of the molecule is [C-]#[N+]c1ccc(C2(NC(=O)c3nn4c(C)c(-c5ccc6ccccc6c5)[nH]c(=O)c4c3C)CC2)cc1. The first-order chi connectivity index (χ1) is 17.4. The molecule has 0 bridgehead atoms. The van der Waals surface area contributed by atoms with E-state index in [0.717, 1.165) is 40.4 Å². The number of carbonyl (C=O) groups excluding carboxylic acids is 1. The highest BCUT2D eigenvalue weighted by atomic mass is 16.2. The summed E-state index contributed by atoms with van der Waals surface area (Å²) in [6, 6.07) is 21.4. The first kappa shape index (κ1) is 21.8. The van der Waals surface area contributed by atoms with Crippen molar-refractivity contribution in [2.45, 2.75) is 32.2 Å². The van der Waals surface area contributed by atoms with Gasteiger partial charge in [0.15, 0.2) is 11.4 Å². The van der Waals surface area contributed by atoms with Crippen molar-refractivity contribution < 1.29 is 4.79 Å². The van der Waals surface area contributed by atoms with Crippen molar-refractivity contribution in [3.8, 4) is 11.3 Å². The largest absolute Gasteiger partial charge is 0.341 e. The molecule has 2 aromatic heterocycles. The second-order valence-corrected chi connectivity index (χ2v) is 9.41. The molecule has 3 aromatic carbocycles. The molecule has 36 heavy (non-hydrogen) atoms. The quantitative estimate of drug-likeness (QED) is 0.342. The number of amides is 1. The van der Waals surface area contributed by atoms with E-state index in [1.54, 1.807) is 23.6 Å². The minimum atomic E-state index is -0.461. The summed E-state index contributed by atoms with van der Waals surface area (Å²) in [5.74, 6) is -0.311. The monoisotopic (exact) mass is 473 g/mol. The number of nitrogens with one attached hydrogen (secondary N) is 2. The third-order valence-corrected chi connectivity index (χ3v) is 7.16. The minimum Gasteiger partial charge on any atom is -0.341 e. The highest BCUT2D eigenvalue weighted by Crippen LogP contribution is 2.46. The van der Waals surface area contributed by atoms with E-state index in [1.807, 2.05) is 61.5 Å². The van der Waals surface area contributed by atoms with Gasteiger partial charge in [0.2, 0.25) is 0 Å². The van der Waals surface area contributed by atoms with Gasteiger partial charge >= 0.3 is 0 Å². The first-order valence-corrected chi connectivity index (χ1v) is 11.8. The highest BCUT2D eigenvalue weighted by molar-refractivity contribution is 5.96. The van der Waals surface area contributed by atoms with Crippen LogP contribution in [0, 0.1) is 20.4 Å². The Labute approximate surface area is 207 Å². The maximum atomic E-state index is 13.4. The van der Waals surface area contributed by atoms with Crippen molar-refractivity contribution in [2.75, 3.05) is 0 Å². The van der Waals surface area contributed by atoms with Gasteiger partial charge in [-0.25, -0.2) is 9.36 Å². The van der Waals surface area contributed by atoms with Crippen molar-refractivity contribution in [1.82, 2.24) is 19.9 Å². The zero-order valence-corrected chi connectivity index (χ0v) is 19.9. The van der Waals surface area contributed by atoms with E-state index in [1.165, 1.54) is 0 Å². The van der Waals surface area contributed by atoms with Crippen LogP contribution in [0.4, 0.5) is 5.69 Å². The molecule has 1 aliphatic rings. The van der Waals surface area contributed by atoms with Crippen LogP contribution in [-0.2, 0) is 5.54 Å². The summed E-state index contributed by atoms with van der Waals surface area (Å²) in [6.45, 7) is 10.8. The van der Waals surface area contributed by atoms with Crippen LogP contribution in [0.1, 0.15) is 40.2 Å². The van der Waals surface area contributed by atoms with Gasteiger partial charge in [-0.15, -0.1) is 0 Å². The summed E-state index contributed by atoms with van der Waals surface area (Å²) in [4.78, 5) is 33.0. The van der Waals surface area contributed by atoms with Crippen LogP contribution in [0.5, 0.6) is 0 Å². The standard InChI is InChI=1S/C29H23N5O2/c1-17-24(27(35)32-29(14-15-29)22-10-12-23(30-3)13-11-22)33-34-18(2)25(31-28(36)26(17)34)21-9-8-19-6-4-5-7-20(19)16-21/h4-13,16H,14-15H2,1-2H3,(H,31,36)(H,32,35). The Morgan fingerprint density at radius 1 is 1.06 bits per heavy atom. The third kappa shape index (κ3) is 3.38. The molecule has 5 aromatic rings.